The van der Waals surface area contributed by atoms with Crippen LogP contribution >= 0.6 is 0 Å². The molecule has 0 unspecified atom stereocenters. The van der Waals surface area contributed by atoms with Gasteiger partial charge < -0.3 is 18.9 Å². The summed E-state index contributed by atoms with van der Waals surface area (Å²) in [6.07, 6.45) is 0. The second-order valence-corrected chi connectivity index (χ2v) is 6.15. The average molecular weight is 344 g/mol. The van der Waals surface area contributed by atoms with Crippen LogP contribution in [0.4, 0.5) is 0 Å². The highest BCUT2D eigenvalue weighted by Gasteiger charge is 2.30. The Bertz CT molecular complexity index is 765. The van der Waals surface area contributed by atoms with Crippen molar-refractivity contribution in [2.24, 2.45) is 0 Å². The Kier molecular flexibility index (Phi) is 5.57. The molecule has 0 fully saturated rings. The third kappa shape index (κ3) is 3.87. The fourth-order valence-corrected chi connectivity index (χ4v) is 2.88. The van der Waals surface area contributed by atoms with Gasteiger partial charge in [-0.05, 0) is 12.1 Å². The largest absolute Gasteiger partial charge is 0.497 e. The number of rotatable bonds is 6. The van der Waals surface area contributed by atoms with Gasteiger partial charge in [-0.3, -0.25) is 4.79 Å². The van der Waals surface area contributed by atoms with Crippen LogP contribution in [0.3, 0.4) is 0 Å². The molecule has 0 aliphatic carbocycles. The number of benzene rings is 2. The van der Waals surface area contributed by atoms with Crippen LogP contribution in [0, 0.1) is 0 Å². The van der Waals surface area contributed by atoms with Crippen LogP contribution in [-0.2, 0) is 10.2 Å². The molecule has 0 amide bonds. The molecule has 0 aliphatic heterocycles. The average Bonchev–Trinajstić information content (AvgIpc) is 2.60. The van der Waals surface area contributed by atoms with Gasteiger partial charge >= 0.3 is 5.97 Å². The molecule has 0 aromatic heterocycles. The van der Waals surface area contributed by atoms with E-state index < -0.39 is 5.41 Å². The summed E-state index contributed by atoms with van der Waals surface area (Å²) in [7, 11) is 4.85. The Morgan fingerprint density at radius 1 is 0.800 bits per heavy atom. The molecular weight excluding hydrogens is 320 g/mol. The van der Waals surface area contributed by atoms with E-state index in [9.17, 15) is 4.79 Å². The van der Waals surface area contributed by atoms with Gasteiger partial charge in [0.1, 0.15) is 23.0 Å². The van der Waals surface area contributed by atoms with Gasteiger partial charge in [0.05, 0.1) is 21.3 Å². The Morgan fingerprint density at radius 2 is 1.28 bits per heavy atom. The molecule has 0 aliphatic rings. The van der Waals surface area contributed by atoms with Crippen LogP contribution in [-0.4, -0.2) is 27.3 Å². The van der Waals surface area contributed by atoms with E-state index in [0.29, 0.717) is 11.5 Å². The van der Waals surface area contributed by atoms with Crippen LogP contribution < -0.4 is 18.9 Å². The molecule has 2 aromatic carbocycles. The Morgan fingerprint density at radius 3 is 1.72 bits per heavy atom. The molecule has 2 rings (SSSR count). The van der Waals surface area contributed by atoms with E-state index in [1.54, 1.807) is 33.5 Å². The van der Waals surface area contributed by atoms with Gasteiger partial charge in [0.15, 0.2) is 0 Å². The summed E-state index contributed by atoms with van der Waals surface area (Å²) < 4.78 is 21.5. The van der Waals surface area contributed by atoms with Crippen molar-refractivity contribution in [1.29, 1.82) is 0 Å². The fraction of sp³-hybridized carbons (Fsp3) is 0.350. The molecule has 0 N–H and O–H groups in total. The highest BCUT2D eigenvalue weighted by molar-refractivity contribution is 5.69. The molecule has 25 heavy (non-hydrogen) atoms. The molecule has 0 bridgehead atoms. The van der Waals surface area contributed by atoms with Gasteiger partial charge in [-0.1, -0.05) is 26.0 Å². The topological polar surface area (TPSA) is 54.0 Å². The van der Waals surface area contributed by atoms with E-state index >= 15 is 0 Å². The zero-order chi connectivity index (χ0) is 18.6. The lowest BCUT2D eigenvalue weighted by atomic mass is 9.77. The molecule has 0 saturated heterocycles. The minimum absolute atomic E-state index is 0.370. The lowest BCUT2D eigenvalue weighted by Gasteiger charge is -2.29. The third-order valence-corrected chi connectivity index (χ3v) is 4.19. The summed E-state index contributed by atoms with van der Waals surface area (Å²) in [5, 5.41) is 0. The maximum Gasteiger partial charge on any atom is 0.308 e. The summed E-state index contributed by atoms with van der Waals surface area (Å²) in [6.45, 7) is 5.54. The monoisotopic (exact) mass is 344 g/mol. The highest BCUT2D eigenvalue weighted by Crippen LogP contribution is 2.43. The molecule has 0 spiro atoms. The zero-order valence-electron chi connectivity index (χ0n) is 15.5. The van der Waals surface area contributed by atoms with Gasteiger partial charge in [-0.15, -0.1) is 0 Å². The van der Waals surface area contributed by atoms with E-state index in [0.717, 1.165) is 22.6 Å². The van der Waals surface area contributed by atoms with Crippen LogP contribution in [0.15, 0.2) is 36.4 Å². The van der Waals surface area contributed by atoms with E-state index in [1.165, 1.54) is 6.92 Å². The molecule has 0 heterocycles. The van der Waals surface area contributed by atoms with Gasteiger partial charge in [0, 0.05) is 35.6 Å². The van der Waals surface area contributed by atoms with Gasteiger partial charge in [0.2, 0.25) is 0 Å². The summed E-state index contributed by atoms with van der Waals surface area (Å²) >= 11 is 0. The molecule has 0 radical (unpaired) electrons. The Hall–Kier alpha value is -2.69. The standard InChI is InChI=1S/C20H24O5/c1-13(21)25-15-8-10-17(19(12-15)24-6)20(2,3)16-9-7-14(22-4)11-18(16)23-5/h7-12H,1-6H3. The van der Waals surface area contributed by atoms with Crippen molar-refractivity contribution in [2.75, 3.05) is 21.3 Å². The van der Waals surface area contributed by atoms with E-state index in [-0.39, 0.29) is 5.97 Å². The van der Waals surface area contributed by atoms with Gasteiger partial charge in [-0.2, -0.15) is 0 Å². The quantitative estimate of drug-likeness (QED) is 0.586. The summed E-state index contributed by atoms with van der Waals surface area (Å²) in [4.78, 5) is 11.2. The number of carbonyl (C=O) groups excluding carboxylic acids is 1. The number of hydrogen-bond acceptors (Lipinski definition) is 5. The number of esters is 1. The first-order valence-corrected chi connectivity index (χ1v) is 7.93. The summed E-state index contributed by atoms with van der Waals surface area (Å²) in [6, 6.07) is 11.1. The smallest absolute Gasteiger partial charge is 0.308 e. The van der Waals surface area contributed by atoms with Crippen molar-refractivity contribution in [1.82, 2.24) is 0 Å². The van der Waals surface area contributed by atoms with Crippen molar-refractivity contribution in [3.8, 4) is 23.0 Å². The predicted molar refractivity (Wildman–Crippen MR) is 96.0 cm³/mol. The maximum atomic E-state index is 11.2. The van der Waals surface area contributed by atoms with Crippen molar-refractivity contribution >= 4 is 5.97 Å². The van der Waals surface area contributed by atoms with E-state index in [4.69, 9.17) is 18.9 Å². The van der Waals surface area contributed by atoms with Crippen molar-refractivity contribution in [3.05, 3.63) is 47.5 Å². The summed E-state index contributed by atoms with van der Waals surface area (Å²) in [5.41, 5.74) is 1.54. The Labute approximate surface area is 148 Å². The van der Waals surface area contributed by atoms with Gasteiger partial charge in [0.25, 0.3) is 0 Å². The minimum Gasteiger partial charge on any atom is -0.497 e. The van der Waals surface area contributed by atoms with Crippen LogP contribution in [0.2, 0.25) is 0 Å². The Balaban J connectivity index is 2.53. The molecule has 5 nitrogen and oxygen atoms in total. The van der Waals surface area contributed by atoms with Crippen LogP contribution in [0.25, 0.3) is 0 Å². The third-order valence-electron chi connectivity index (χ3n) is 4.19. The number of ether oxygens (including phenoxy) is 4. The number of methoxy groups -OCH3 is 3. The van der Waals surface area contributed by atoms with E-state index in [1.807, 2.05) is 24.3 Å². The maximum absolute atomic E-state index is 11.2. The lowest BCUT2D eigenvalue weighted by molar-refractivity contribution is -0.131. The normalized spacial score (nSPS) is 11.0. The first-order chi connectivity index (χ1) is 11.8. The fourth-order valence-electron chi connectivity index (χ4n) is 2.88. The van der Waals surface area contributed by atoms with Crippen molar-refractivity contribution in [3.63, 3.8) is 0 Å². The highest BCUT2D eigenvalue weighted by atomic mass is 16.5. The molecule has 0 atom stereocenters. The predicted octanol–water partition coefficient (Wildman–Crippen LogP) is 3.96. The number of carbonyl (C=O) groups is 1. The SMILES string of the molecule is COc1ccc(C(C)(C)c2ccc(OC(C)=O)cc2OC)c(OC)c1. The minimum atomic E-state index is -0.405. The molecule has 5 heteroatoms. The molecule has 2 aromatic rings. The second kappa shape index (κ2) is 7.47. The lowest BCUT2D eigenvalue weighted by Crippen LogP contribution is -2.21. The van der Waals surface area contributed by atoms with Crippen LogP contribution in [0.1, 0.15) is 31.9 Å². The van der Waals surface area contributed by atoms with Crippen molar-refractivity contribution in [2.45, 2.75) is 26.2 Å². The van der Waals surface area contributed by atoms with E-state index in [2.05, 4.69) is 13.8 Å². The zero-order valence-corrected chi connectivity index (χ0v) is 15.5. The molecule has 134 valence electrons. The van der Waals surface area contributed by atoms with Crippen molar-refractivity contribution < 1.29 is 23.7 Å². The molecular formula is C20H24O5. The second-order valence-electron chi connectivity index (χ2n) is 6.15. The first kappa shape index (κ1) is 18.6. The van der Waals surface area contributed by atoms with Gasteiger partial charge in [-0.25, -0.2) is 0 Å². The first-order valence-electron chi connectivity index (χ1n) is 7.93. The summed E-state index contributed by atoms with van der Waals surface area (Å²) in [5.74, 6) is 2.18. The molecule has 0 saturated carbocycles. The van der Waals surface area contributed by atoms with Crippen LogP contribution in [0.5, 0.6) is 23.0 Å². The number of hydrogen-bond donors (Lipinski definition) is 0.